The molecule has 0 aliphatic rings. The third-order valence-corrected chi connectivity index (χ3v) is 5.35. The number of amides is 2. The summed E-state index contributed by atoms with van der Waals surface area (Å²) in [4.78, 5) is 30.1. The van der Waals surface area contributed by atoms with Crippen molar-refractivity contribution in [1.82, 2.24) is 15.8 Å². The van der Waals surface area contributed by atoms with E-state index in [0.717, 1.165) is 21.2 Å². The van der Waals surface area contributed by atoms with Gasteiger partial charge in [0.1, 0.15) is 16.5 Å². The molecule has 27 heavy (non-hydrogen) atoms. The summed E-state index contributed by atoms with van der Waals surface area (Å²) in [6, 6.07) is 11.1. The predicted molar refractivity (Wildman–Crippen MR) is 107 cm³/mol. The van der Waals surface area contributed by atoms with Crippen LogP contribution < -0.4 is 15.6 Å². The Hall–Kier alpha value is -2.71. The van der Waals surface area contributed by atoms with Crippen LogP contribution >= 0.6 is 22.7 Å². The van der Waals surface area contributed by atoms with Crippen molar-refractivity contribution in [3.63, 3.8) is 0 Å². The zero-order valence-electron chi connectivity index (χ0n) is 15.1. The van der Waals surface area contributed by atoms with Crippen molar-refractivity contribution in [2.24, 2.45) is 0 Å². The number of hydrogen-bond donors (Lipinski definition) is 2. The molecule has 1 aromatic carbocycles. The number of nitrogens with one attached hydrogen (secondary N) is 2. The van der Waals surface area contributed by atoms with Crippen LogP contribution in [0.25, 0.3) is 10.6 Å². The number of ether oxygens (including phenoxy) is 1. The number of hydrazine groups is 1. The lowest BCUT2D eigenvalue weighted by Gasteiger charge is -2.09. The summed E-state index contributed by atoms with van der Waals surface area (Å²) in [6.07, 6.45) is 0.110. The summed E-state index contributed by atoms with van der Waals surface area (Å²) in [6.45, 7) is 5.86. The lowest BCUT2D eigenvalue weighted by molar-refractivity contribution is 0.0846. The minimum atomic E-state index is -0.459. The first-order valence-electron chi connectivity index (χ1n) is 8.32. The Bertz CT molecular complexity index is 945. The molecule has 0 saturated heterocycles. The number of nitrogens with zero attached hydrogens (tertiary/aromatic N) is 1. The maximum Gasteiger partial charge on any atom is 0.289 e. The summed E-state index contributed by atoms with van der Waals surface area (Å²) in [5.41, 5.74) is 5.95. The minimum absolute atomic E-state index is 0.110. The fourth-order valence-electron chi connectivity index (χ4n) is 2.25. The fourth-order valence-corrected chi connectivity index (χ4v) is 3.82. The highest BCUT2D eigenvalue weighted by atomic mass is 32.1. The second kappa shape index (κ2) is 8.32. The molecule has 2 heterocycles. The monoisotopic (exact) mass is 401 g/mol. The van der Waals surface area contributed by atoms with E-state index < -0.39 is 5.91 Å². The molecule has 0 aliphatic heterocycles. The highest BCUT2D eigenvalue weighted by Gasteiger charge is 2.14. The lowest BCUT2D eigenvalue weighted by Crippen LogP contribution is -2.41. The van der Waals surface area contributed by atoms with Crippen molar-refractivity contribution in [3.8, 4) is 16.3 Å². The summed E-state index contributed by atoms with van der Waals surface area (Å²) in [5.74, 6) is -0.0219. The zero-order chi connectivity index (χ0) is 19.4. The van der Waals surface area contributed by atoms with Crippen LogP contribution in [0.1, 0.15) is 38.9 Å². The van der Waals surface area contributed by atoms with Crippen LogP contribution in [-0.2, 0) is 0 Å². The van der Waals surface area contributed by atoms with Crippen molar-refractivity contribution >= 4 is 34.5 Å². The molecule has 140 valence electrons. The van der Waals surface area contributed by atoms with E-state index in [9.17, 15) is 9.59 Å². The number of carbonyl (C=O) groups is 2. The van der Waals surface area contributed by atoms with Crippen molar-refractivity contribution in [2.45, 2.75) is 26.9 Å². The number of rotatable bonds is 5. The molecule has 0 bridgehead atoms. The van der Waals surface area contributed by atoms with Gasteiger partial charge in [-0.05, 0) is 57.2 Å². The summed E-state index contributed by atoms with van der Waals surface area (Å²) >= 11 is 2.72. The van der Waals surface area contributed by atoms with Crippen LogP contribution in [0.5, 0.6) is 5.75 Å². The summed E-state index contributed by atoms with van der Waals surface area (Å²) in [7, 11) is 0. The largest absolute Gasteiger partial charge is 0.491 e. The molecule has 2 aromatic heterocycles. The Morgan fingerprint density at radius 2 is 1.74 bits per heavy atom. The maximum atomic E-state index is 12.2. The van der Waals surface area contributed by atoms with Crippen LogP contribution in [0.3, 0.4) is 0 Å². The highest BCUT2D eigenvalue weighted by Crippen LogP contribution is 2.26. The van der Waals surface area contributed by atoms with Gasteiger partial charge in [-0.2, -0.15) is 0 Å². The van der Waals surface area contributed by atoms with Gasteiger partial charge in [0.2, 0.25) is 0 Å². The molecule has 0 saturated carbocycles. The van der Waals surface area contributed by atoms with Crippen LogP contribution in [-0.4, -0.2) is 22.9 Å². The average molecular weight is 402 g/mol. The quantitative estimate of drug-likeness (QED) is 0.632. The zero-order valence-corrected chi connectivity index (χ0v) is 16.7. The predicted octanol–water partition coefficient (Wildman–Crippen LogP) is 4.04. The van der Waals surface area contributed by atoms with Gasteiger partial charge in [0, 0.05) is 15.8 Å². The topological polar surface area (TPSA) is 80.3 Å². The van der Waals surface area contributed by atoms with Gasteiger partial charge in [-0.3, -0.25) is 20.4 Å². The van der Waals surface area contributed by atoms with Gasteiger partial charge in [-0.15, -0.1) is 22.7 Å². The first-order chi connectivity index (χ1) is 12.9. The Morgan fingerprint density at radius 1 is 1.04 bits per heavy atom. The van der Waals surface area contributed by atoms with E-state index in [1.807, 2.05) is 51.1 Å². The first-order valence-corrected chi connectivity index (χ1v) is 10.0. The SMILES string of the molecule is Cc1ccc(C(=O)NNC(=O)c2csc(-c3ccc(OC(C)C)cc3)n2)s1. The van der Waals surface area contributed by atoms with Gasteiger partial charge in [0.15, 0.2) is 0 Å². The van der Waals surface area contributed by atoms with Gasteiger partial charge >= 0.3 is 0 Å². The second-order valence-corrected chi connectivity index (χ2v) is 8.19. The molecule has 0 aliphatic carbocycles. The summed E-state index contributed by atoms with van der Waals surface area (Å²) in [5, 5.41) is 2.38. The van der Waals surface area contributed by atoms with Crippen molar-refractivity contribution in [3.05, 3.63) is 57.2 Å². The standard InChI is InChI=1S/C19H19N3O3S2/c1-11(2)25-14-7-5-13(6-8-14)19-20-15(10-26-19)17(23)21-22-18(24)16-9-4-12(3)27-16/h4-11H,1-3H3,(H,21,23)(H,22,24). The normalized spacial score (nSPS) is 10.7. The van der Waals surface area contributed by atoms with Crippen LogP contribution in [0.4, 0.5) is 0 Å². The van der Waals surface area contributed by atoms with Gasteiger partial charge in [0.05, 0.1) is 11.0 Å². The molecule has 3 rings (SSSR count). The third-order valence-electron chi connectivity index (χ3n) is 3.46. The molecule has 2 amide bonds. The third kappa shape index (κ3) is 4.93. The van der Waals surface area contributed by atoms with Crippen LogP contribution in [0, 0.1) is 6.92 Å². The number of thiazole rings is 1. The molecule has 2 N–H and O–H groups in total. The van der Waals surface area contributed by atoms with Crippen LogP contribution in [0.15, 0.2) is 41.8 Å². The van der Waals surface area contributed by atoms with Gasteiger partial charge in [0.25, 0.3) is 11.8 Å². The smallest absolute Gasteiger partial charge is 0.289 e. The number of aromatic nitrogens is 1. The molecule has 0 atom stereocenters. The molecule has 8 heteroatoms. The van der Waals surface area contributed by atoms with Crippen molar-refractivity contribution in [2.75, 3.05) is 0 Å². The number of hydrogen-bond acceptors (Lipinski definition) is 6. The Kier molecular flexibility index (Phi) is 5.88. The Morgan fingerprint density at radius 3 is 2.37 bits per heavy atom. The van der Waals surface area contributed by atoms with E-state index in [1.54, 1.807) is 11.4 Å². The second-order valence-electron chi connectivity index (χ2n) is 6.05. The minimum Gasteiger partial charge on any atom is -0.491 e. The molecule has 0 fully saturated rings. The summed E-state index contributed by atoms with van der Waals surface area (Å²) < 4.78 is 5.62. The van der Waals surface area contributed by atoms with E-state index in [2.05, 4.69) is 15.8 Å². The maximum absolute atomic E-state index is 12.2. The number of benzene rings is 1. The molecule has 3 aromatic rings. The highest BCUT2D eigenvalue weighted by molar-refractivity contribution is 7.14. The van der Waals surface area contributed by atoms with E-state index >= 15 is 0 Å². The molecular weight excluding hydrogens is 382 g/mol. The van der Waals surface area contributed by atoms with E-state index in [0.29, 0.717) is 4.88 Å². The van der Waals surface area contributed by atoms with E-state index in [1.165, 1.54) is 22.7 Å². The first kappa shape index (κ1) is 19.1. The molecule has 0 spiro atoms. The molecule has 0 unspecified atom stereocenters. The molecule has 6 nitrogen and oxygen atoms in total. The Balaban J connectivity index is 1.61. The van der Waals surface area contributed by atoms with Crippen LogP contribution in [0.2, 0.25) is 0 Å². The van der Waals surface area contributed by atoms with Gasteiger partial charge in [-0.1, -0.05) is 0 Å². The lowest BCUT2D eigenvalue weighted by atomic mass is 10.2. The molecular formula is C19H19N3O3S2. The number of carbonyl (C=O) groups excluding carboxylic acids is 2. The van der Waals surface area contributed by atoms with E-state index in [4.69, 9.17) is 4.74 Å². The number of thiophene rings is 1. The average Bonchev–Trinajstić information content (AvgIpc) is 3.29. The van der Waals surface area contributed by atoms with Crippen molar-refractivity contribution in [1.29, 1.82) is 0 Å². The van der Waals surface area contributed by atoms with E-state index in [-0.39, 0.29) is 17.7 Å². The van der Waals surface area contributed by atoms with Gasteiger partial charge in [-0.25, -0.2) is 4.98 Å². The van der Waals surface area contributed by atoms with Crippen molar-refractivity contribution < 1.29 is 14.3 Å². The van der Waals surface area contributed by atoms with Gasteiger partial charge < -0.3 is 4.74 Å². The number of aryl methyl sites for hydroxylation is 1. The Labute approximate surface area is 165 Å². The fraction of sp³-hybridized carbons (Fsp3) is 0.211. The molecule has 0 radical (unpaired) electrons.